The Balaban J connectivity index is 1.59. The lowest BCUT2D eigenvalue weighted by atomic mass is 10.1. The summed E-state index contributed by atoms with van der Waals surface area (Å²) in [4.78, 5) is 5.37. The van der Waals surface area contributed by atoms with Gasteiger partial charge in [0, 0.05) is 38.3 Å². The van der Waals surface area contributed by atoms with Gasteiger partial charge in [0.05, 0.1) is 0 Å². The van der Waals surface area contributed by atoms with E-state index in [1.807, 2.05) is 0 Å². The largest absolute Gasteiger partial charge is 0.315 e. The predicted octanol–water partition coefficient (Wildman–Crippen LogP) is 1.94. The van der Waals surface area contributed by atoms with Crippen LogP contribution in [0.5, 0.6) is 0 Å². The fraction of sp³-hybridized carbons (Fsp3) is 0.647. The highest BCUT2D eigenvalue weighted by atomic mass is 15.3. The van der Waals surface area contributed by atoms with E-state index in [1.54, 1.807) is 0 Å². The highest BCUT2D eigenvalue weighted by molar-refractivity contribution is 5.14. The summed E-state index contributed by atoms with van der Waals surface area (Å²) < 4.78 is 0. The van der Waals surface area contributed by atoms with Crippen LogP contribution in [0, 0.1) is 0 Å². The third-order valence-electron chi connectivity index (χ3n) is 4.73. The first-order valence-corrected chi connectivity index (χ1v) is 8.05. The van der Waals surface area contributed by atoms with Gasteiger partial charge < -0.3 is 5.32 Å². The lowest BCUT2D eigenvalue weighted by molar-refractivity contribution is 0.145. The summed E-state index contributed by atoms with van der Waals surface area (Å²) in [6.45, 7) is 9.58. The van der Waals surface area contributed by atoms with Crippen LogP contribution in [-0.2, 0) is 6.54 Å². The molecule has 2 saturated heterocycles. The van der Waals surface area contributed by atoms with Gasteiger partial charge in [-0.15, -0.1) is 0 Å². The molecule has 2 unspecified atom stereocenters. The second kappa shape index (κ2) is 6.70. The molecule has 3 rings (SSSR count). The zero-order valence-electron chi connectivity index (χ0n) is 12.6. The number of nitrogens with zero attached hydrogens (tertiary/aromatic N) is 2. The van der Waals surface area contributed by atoms with Gasteiger partial charge in [-0.2, -0.15) is 0 Å². The molecule has 0 amide bonds. The van der Waals surface area contributed by atoms with Gasteiger partial charge in [0.1, 0.15) is 0 Å². The molecule has 2 aliphatic rings. The fourth-order valence-electron chi connectivity index (χ4n) is 3.72. The second-order valence-corrected chi connectivity index (χ2v) is 6.31. The van der Waals surface area contributed by atoms with Crippen LogP contribution in [0.15, 0.2) is 30.3 Å². The average molecular weight is 273 g/mol. The van der Waals surface area contributed by atoms with Gasteiger partial charge in [0.2, 0.25) is 0 Å². The summed E-state index contributed by atoms with van der Waals surface area (Å²) >= 11 is 0. The summed E-state index contributed by atoms with van der Waals surface area (Å²) in [5.74, 6) is 0. The molecule has 3 heteroatoms. The van der Waals surface area contributed by atoms with Crippen molar-refractivity contribution in [3.63, 3.8) is 0 Å². The Labute approximate surface area is 123 Å². The second-order valence-electron chi connectivity index (χ2n) is 6.31. The zero-order chi connectivity index (χ0) is 13.8. The lowest BCUT2D eigenvalue weighted by Crippen LogP contribution is -2.45. The quantitative estimate of drug-likeness (QED) is 0.908. The van der Waals surface area contributed by atoms with Gasteiger partial charge in [-0.1, -0.05) is 30.3 Å². The fourth-order valence-corrected chi connectivity index (χ4v) is 3.72. The molecule has 110 valence electrons. The van der Waals surface area contributed by atoms with Gasteiger partial charge >= 0.3 is 0 Å². The molecule has 2 fully saturated rings. The maximum atomic E-state index is 3.51. The van der Waals surface area contributed by atoms with Crippen LogP contribution in [0.2, 0.25) is 0 Å². The third-order valence-corrected chi connectivity index (χ3v) is 4.73. The topological polar surface area (TPSA) is 18.5 Å². The summed E-state index contributed by atoms with van der Waals surface area (Å²) in [6, 6.07) is 12.3. The number of nitrogens with one attached hydrogen (secondary N) is 1. The van der Waals surface area contributed by atoms with Crippen molar-refractivity contribution in [2.45, 2.75) is 38.4 Å². The predicted molar refractivity (Wildman–Crippen MR) is 83.8 cm³/mol. The molecule has 0 radical (unpaired) electrons. The van der Waals surface area contributed by atoms with Crippen molar-refractivity contribution >= 4 is 0 Å². The number of rotatable bonds is 3. The van der Waals surface area contributed by atoms with Crippen LogP contribution in [0.4, 0.5) is 0 Å². The van der Waals surface area contributed by atoms with Gasteiger partial charge in [-0.05, 0) is 38.4 Å². The van der Waals surface area contributed by atoms with Crippen LogP contribution in [0.3, 0.4) is 0 Å². The molecular formula is C17H27N3. The van der Waals surface area contributed by atoms with Crippen LogP contribution in [0.1, 0.15) is 25.3 Å². The molecule has 1 N–H and O–H groups in total. The molecule has 1 aromatic carbocycles. The van der Waals surface area contributed by atoms with Gasteiger partial charge in [0.25, 0.3) is 0 Å². The molecule has 3 nitrogen and oxygen atoms in total. The highest BCUT2D eigenvalue weighted by Crippen LogP contribution is 2.18. The number of hydrogen-bond donors (Lipinski definition) is 1. The Hall–Kier alpha value is -0.900. The number of benzene rings is 1. The van der Waals surface area contributed by atoms with Crippen molar-refractivity contribution in [1.82, 2.24) is 15.1 Å². The monoisotopic (exact) mass is 273 g/mol. The summed E-state index contributed by atoms with van der Waals surface area (Å²) in [5, 5.41) is 3.51. The minimum atomic E-state index is 0.672. The van der Waals surface area contributed by atoms with E-state index in [9.17, 15) is 0 Å². The molecule has 0 spiro atoms. The van der Waals surface area contributed by atoms with Crippen LogP contribution >= 0.6 is 0 Å². The van der Waals surface area contributed by atoms with Crippen LogP contribution in [-0.4, -0.2) is 54.6 Å². The van der Waals surface area contributed by atoms with E-state index in [-0.39, 0.29) is 0 Å². The average Bonchev–Trinajstić information content (AvgIpc) is 2.92. The Bertz CT molecular complexity index is 400. The Morgan fingerprint density at radius 3 is 2.80 bits per heavy atom. The first-order valence-electron chi connectivity index (χ1n) is 8.05. The molecule has 2 atom stereocenters. The number of hydrogen-bond acceptors (Lipinski definition) is 3. The van der Waals surface area contributed by atoms with Crippen LogP contribution in [0.25, 0.3) is 0 Å². The van der Waals surface area contributed by atoms with Crippen LogP contribution < -0.4 is 5.32 Å². The van der Waals surface area contributed by atoms with E-state index in [0.29, 0.717) is 6.04 Å². The van der Waals surface area contributed by atoms with E-state index < -0.39 is 0 Å². The van der Waals surface area contributed by atoms with E-state index in [4.69, 9.17) is 0 Å². The molecule has 0 saturated carbocycles. The Kier molecular flexibility index (Phi) is 4.71. The maximum absolute atomic E-state index is 3.51. The van der Waals surface area contributed by atoms with E-state index in [0.717, 1.165) is 12.6 Å². The molecular weight excluding hydrogens is 246 g/mol. The Morgan fingerprint density at radius 1 is 1.20 bits per heavy atom. The molecule has 20 heavy (non-hydrogen) atoms. The van der Waals surface area contributed by atoms with Crippen molar-refractivity contribution in [3.8, 4) is 0 Å². The molecule has 0 aromatic heterocycles. The van der Waals surface area contributed by atoms with Crippen molar-refractivity contribution in [3.05, 3.63) is 35.9 Å². The Morgan fingerprint density at radius 2 is 2.05 bits per heavy atom. The lowest BCUT2D eigenvalue weighted by Gasteiger charge is -2.33. The maximum Gasteiger partial charge on any atom is 0.0236 e. The van der Waals surface area contributed by atoms with Crippen molar-refractivity contribution in [1.29, 1.82) is 0 Å². The molecule has 2 heterocycles. The minimum Gasteiger partial charge on any atom is -0.315 e. The van der Waals surface area contributed by atoms with E-state index in [2.05, 4.69) is 52.4 Å². The summed E-state index contributed by atoms with van der Waals surface area (Å²) in [7, 11) is 0. The molecule has 0 bridgehead atoms. The van der Waals surface area contributed by atoms with Crippen molar-refractivity contribution in [2.75, 3.05) is 32.7 Å². The molecule has 1 aromatic rings. The molecule has 2 aliphatic heterocycles. The smallest absolute Gasteiger partial charge is 0.0236 e. The molecule has 0 aliphatic carbocycles. The van der Waals surface area contributed by atoms with Gasteiger partial charge in [-0.3, -0.25) is 9.80 Å². The van der Waals surface area contributed by atoms with Gasteiger partial charge in [0.15, 0.2) is 0 Å². The summed E-state index contributed by atoms with van der Waals surface area (Å²) in [5.41, 5.74) is 1.44. The van der Waals surface area contributed by atoms with Crippen molar-refractivity contribution in [2.24, 2.45) is 0 Å². The minimum absolute atomic E-state index is 0.672. The SMILES string of the molecule is CC1CN(Cc2ccccc2)CCCN1C1CCNC1. The first-order chi connectivity index (χ1) is 9.83. The standard InChI is InChI=1S/C17H27N3/c1-15-13-19(14-16-6-3-2-4-7-16)10-5-11-20(15)17-8-9-18-12-17/h2-4,6-7,15,17-18H,5,8-14H2,1H3. The van der Waals surface area contributed by atoms with E-state index in [1.165, 1.54) is 51.1 Å². The normalized spacial score (nSPS) is 29.4. The van der Waals surface area contributed by atoms with E-state index >= 15 is 0 Å². The van der Waals surface area contributed by atoms with Gasteiger partial charge in [-0.25, -0.2) is 0 Å². The zero-order valence-corrected chi connectivity index (χ0v) is 12.6. The third kappa shape index (κ3) is 3.40. The first kappa shape index (κ1) is 14.1. The highest BCUT2D eigenvalue weighted by Gasteiger charge is 2.29. The summed E-state index contributed by atoms with van der Waals surface area (Å²) in [6.07, 6.45) is 2.62. The van der Waals surface area contributed by atoms with Crippen molar-refractivity contribution < 1.29 is 0 Å².